The molecule has 116 valence electrons. The molecule has 0 aliphatic rings. The molecule has 8 nitrogen and oxygen atoms in total. The number of urea groups is 1. The number of rotatable bonds is 10. The Kier molecular flexibility index (Phi) is 9.10. The Bertz CT molecular complexity index is 333. The second-order valence-electron chi connectivity index (χ2n) is 4.73. The van der Waals surface area contributed by atoms with E-state index >= 15 is 0 Å². The molecule has 20 heavy (non-hydrogen) atoms. The summed E-state index contributed by atoms with van der Waals surface area (Å²) >= 11 is 0. The molecule has 2 amide bonds. The Morgan fingerprint density at radius 2 is 1.80 bits per heavy atom. The zero-order valence-electron chi connectivity index (χ0n) is 11.9. The lowest BCUT2D eigenvalue weighted by atomic mass is 10.1. The Balaban J connectivity index is 3.95. The molecule has 0 aromatic carbocycles. The first-order chi connectivity index (χ1) is 9.32. The summed E-state index contributed by atoms with van der Waals surface area (Å²) in [7, 11) is 3.84. The van der Waals surface area contributed by atoms with Crippen molar-refractivity contribution in [3.8, 4) is 0 Å². The molecule has 0 aromatic heterocycles. The van der Waals surface area contributed by atoms with Crippen molar-refractivity contribution in [1.29, 1.82) is 0 Å². The van der Waals surface area contributed by atoms with E-state index in [-0.39, 0.29) is 19.3 Å². The van der Waals surface area contributed by atoms with E-state index in [4.69, 9.17) is 10.2 Å². The van der Waals surface area contributed by atoms with Gasteiger partial charge in [-0.3, -0.25) is 4.79 Å². The van der Waals surface area contributed by atoms with E-state index in [1.165, 1.54) is 0 Å². The Morgan fingerprint density at radius 3 is 2.30 bits per heavy atom. The zero-order chi connectivity index (χ0) is 15.5. The summed E-state index contributed by atoms with van der Waals surface area (Å²) in [6, 6.07) is -1.62. The van der Waals surface area contributed by atoms with Crippen LogP contribution in [-0.4, -0.2) is 66.3 Å². The van der Waals surface area contributed by atoms with Gasteiger partial charge in [0, 0.05) is 13.0 Å². The van der Waals surface area contributed by atoms with Crippen molar-refractivity contribution in [3.05, 3.63) is 0 Å². The molecule has 0 rings (SSSR count). The Morgan fingerprint density at radius 1 is 1.15 bits per heavy atom. The molecule has 0 aromatic rings. The third-order valence-electron chi connectivity index (χ3n) is 2.55. The summed E-state index contributed by atoms with van der Waals surface area (Å²) in [6.45, 7) is 1.27. The molecule has 0 unspecified atom stereocenters. The molecule has 0 spiro atoms. The monoisotopic (exact) mass is 289 g/mol. The van der Waals surface area contributed by atoms with E-state index in [2.05, 4.69) is 10.6 Å². The topological polar surface area (TPSA) is 119 Å². The number of aliphatic carboxylic acids is 2. The summed E-state index contributed by atoms with van der Waals surface area (Å²) in [4.78, 5) is 34.7. The number of nitrogens with one attached hydrogen (secondary N) is 2. The van der Waals surface area contributed by atoms with E-state index in [1.54, 1.807) is 0 Å². The van der Waals surface area contributed by atoms with Crippen LogP contribution in [0.5, 0.6) is 0 Å². The van der Waals surface area contributed by atoms with Gasteiger partial charge in [-0.15, -0.1) is 0 Å². The highest BCUT2D eigenvalue weighted by Crippen LogP contribution is 2.01. The molecule has 0 bridgehead atoms. The van der Waals surface area contributed by atoms with Gasteiger partial charge < -0.3 is 25.7 Å². The van der Waals surface area contributed by atoms with Crippen LogP contribution in [0.1, 0.15) is 25.7 Å². The number of carboxylic acid groups (broad SMARTS) is 2. The van der Waals surface area contributed by atoms with Crippen LogP contribution >= 0.6 is 0 Å². The maximum Gasteiger partial charge on any atom is 0.326 e. The van der Waals surface area contributed by atoms with Crippen LogP contribution in [0.15, 0.2) is 0 Å². The zero-order valence-corrected chi connectivity index (χ0v) is 11.9. The van der Waals surface area contributed by atoms with Gasteiger partial charge in [0.05, 0.1) is 0 Å². The molecule has 0 radical (unpaired) electrons. The van der Waals surface area contributed by atoms with Gasteiger partial charge in [-0.2, -0.15) is 0 Å². The molecule has 0 aliphatic heterocycles. The van der Waals surface area contributed by atoms with E-state index in [0.717, 1.165) is 13.0 Å². The highest BCUT2D eigenvalue weighted by molar-refractivity contribution is 5.82. The molecule has 4 N–H and O–H groups in total. The first-order valence-electron chi connectivity index (χ1n) is 6.46. The highest BCUT2D eigenvalue weighted by atomic mass is 16.4. The molecular formula is C12H23N3O5. The van der Waals surface area contributed by atoms with E-state index in [0.29, 0.717) is 6.54 Å². The second-order valence-corrected chi connectivity index (χ2v) is 4.73. The van der Waals surface area contributed by atoms with Crippen LogP contribution in [0.4, 0.5) is 4.79 Å². The molecule has 0 aliphatic carbocycles. The lowest BCUT2D eigenvalue weighted by molar-refractivity contribution is -0.140. The average molecular weight is 289 g/mol. The van der Waals surface area contributed by atoms with Gasteiger partial charge in [-0.25, -0.2) is 9.59 Å². The van der Waals surface area contributed by atoms with Crippen LogP contribution in [0, 0.1) is 0 Å². The minimum absolute atomic E-state index is 0.0900. The molecule has 0 saturated carbocycles. The summed E-state index contributed by atoms with van der Waals surface area (Å²) < 4.78 is 0. The van der Waals surface area contributed by atoms with Crippen LogP contribution in [0.25, 0.3) is 0 Å². The van der Waals surface area contributed by atoms with Crippen molar-refractivity contribution in [2.75, 3.05) is 27.2 Å². The molecule has 0 fully saturated rings. The largest absolute Gasteiger partial charge is 0.481 e. The van der Waals surface area contributed by atoms with E-state index in [1.807, 2.05) is 19.0 Å². The maximum absolute atomic E-state index is 11.5. The Labute approximate surface area is 118 Å². The molecule has 8 heteroatoms. The van der Waals surface area contributed by atoms with Gasteiger partial charge in [-0.05, 0) is 39.9 Å². The summed E-state index contributed by atoms with van der Waals surface area (Å²) in [5, 5.41) is 22.3. The second kappa shape index (κ2) is 10.0. The van der Waals surface area contributed by atoms with E-state index < -0.39 is 24.0 Å². The van der Waals surface area contributed by atoms with Crippen molar-refractivity contribution in [2.45, 2.75) is 31.7 Å². The van der Waals surface area contributed by atoms with Gasteiger partial charge >= 0.3 is 18.0 Å². The summed E-state index contributed by atoms with van der Waals surface area (Å²) in [5.41, 5.74) is 0. The van der Waals surface area contributed by atoms with Gasteiger partial charge in [0.2, 0.25) is 0 Å². The molecular weight excluding hydrogens is 266 g/mol. The fourth-order valence-electron chi connectivity index (χ4n) is 1.52. The quantitative estimate of drug-likeness (QED) is 0.418. The Hall–Kier alpha value is -1.83. The van der Waals surface area contributed by atoms with Gasteiger partial charge in [-0.1, -0.05) is 0 Å². The number of hydrogen-bond donors (Lipinski definition) is 4. The summed E-state index contributed by atoms with van der Waals surface area (Å²) in [5.74, 6) is -2.15. The number of carbonyl (C=O) groups excluding carboxylic acids is 1. The first kappa shape index (κ1) is 18.2. The van der Waals surface area contributed by atoms with Crippen molar-refractivity contribution in [3.63, 3.8) is 0 Å². The van der Waals surface area contributed by atoms with Crippen molar-refractivity contribution < 1.29 is 24.6 Å². The van der Waals surface area contributed by atoms with Crippen LogP contribution < -0.4 is 10.6 Å². The minimum atomic E-state index is -1.17. The lowest BCUT2D eigenvalue weighted by Gasteiger charge is -2.15. The highest BCUT2D eigenvalue weighted by Gasteiger charge is 2.19. The maximum atomic E-state index is 11.5. The lowest BCUT2D eigenvalue weighted by Crippen LogP contribution is -2.46. The minimum Gasteiger partial charge on any atom is -0.481 e. The number of hydrogen-bond acceptors (Lipinski definition) is 4. The van der Waals surface area contributed by atoms with Gasteiger partial charge in [0.1, 0.15) is 6.04 Å². The number of nitrogens with zero attached hydrogens (tertiary/aromatic N) is 1. The fraction of sp³-hybridized carbons (Fsp3) is 0.750. The summed E-state index contributed by atoms with van der Waals surface area (Å²) in [6.07, 6.45) is 0.938. The normalized spacial score (nSPS) is 11.9. The smallest absolute Gasteiger partial charge is 0.326 e. The predicted molar refractivity (Wildman–Crippen MR) is 72.6 cm³/mol. The van der Waals surface area contributed by atoms with Crippen molar-refractivity contribution >= 4 is 18.0 Å². The predicted octanol–water partition coefficient (Wildman–Crippen LogP) is -0.0546. The van der Waals surface area contributed by atoms with E-state index in [9.17, 15) is 14.4 Å². The van der Waals surface area contributed by atoms with Crippen LogP contribution in [-0.2, 0) is 9.59 Å². The SMILES string of the molecule is CN(C)CCCNC(=O)N[C@H](CCCC(=O)O)C(=O)O. The fourth-order valence-corrected chi connectivity index (χ4v) is 1.52. The molecule has 1 atom stereocenters. The molecule has 0 saturated heterocycles. The third-order valence-corrected chi connectivity index (χ3v) is 2.55. The van der Waals surface area contributed by atoms with Crippen LogP contribution in [0.2, 0.25) is 0 Å². The van der Waals surface area contributed by atoms with Gasteiger partial charge in [0.25, 0.3) is 0 Å². The number of carbonyl (C=O) groups is 3. The van der Waals surface area contributed by atoms with Crippen molar-refractivity contribution in [2.24, 2.45) is 0 Å². The first-order valence-corrected chi connectivity index (χ1v) is 6.46. The third kappa shape index (κ3) is 10.1. The van der Waals surface area contributed by atoms with Gasteiger partial charge in [0.15, 0.2) is 0 Å². The average Bonchev–Trinajstić information content (AvgIpc) is 2.32. The van der Waals surface area contributed by atoms with Crippen LogP contribution in [0.3, 0.4) is 0 Å². The van der Waals surface area contributed by atoms with Crippen molar-refractivity contribution in [1.82, 2.24) is 15.5 Å². The molecule has 0 heterocycles. The number of amides is 2. The standard InChI is InChI=1S/C12H23N3O5/c1-15(2)8-4-7-13-12(20)14-9(11(18)19)5-3-6-10(16)17/h9H,3-8H2,1-2H3,(H,16,17)(H,18,19)(H2,13,14,20)/t9-/m1/s1. The number of carboxylic acids is 2.